The molecule has 1 heterocycles. The summed E-state index contributed by atoms with van der Waals surface area (Å²) in [5, 5.41) is -0.288. The summed E-state index contributed by atoms with van der Waals surface area (Å²) >= 11 is 4.30. The third kappa shape index (κ3) is 3.62. The fraction of sp³-hybridized carbons (Fsp3) is 0.125. The number of hydrogen-bond acceptors (Lipinski definition) is 4. The van der Waals surface area contributed by atoms with Crippen LogP contribution in [0.1, 0.15) is 5.56 Å². The summed E-state index contributed by atoms with van der Waals surface area (Å²) in [6.07, 6.45) is 8.34. The van der Waals surface area contributed by atoms with Gasteiger partial charge >= 0.3 is 0 Å². The first kappa shape index (κ1) is 16.4. The Hall–Kier alpha value is -1.97. The predicted octanol–water partition coefficient (Wildman–Crippen LogP) is 3.68. The summed E-state index contributed by atoms with van der Waals surface area (Å²) in [6, 6.07) is 5.34. The van der Waals surface area contributed by atoms with Crippen LogP contribution >= 0.6 is 27.7 Å². The second kappa shape index (κ2) is 7.34. The lowest BCUT2D eigenvalue weighted by Crippen LogP contribution is -2.27. The van der Waals surface area contributed by atoms with E-state index in [2.05, 4.69) is 28.4 Å². The molecule has 1 fully saturated rings. The highest BCUT2D eigenvalue weighted by molar-refractivity contribution is 9.10. The minimum atomic E-state index is -0.307. The van der Waals surface area contributed by atoms with Crippen LogP contribution in [-0.2, 0) is 4.79 Å². The van der Waals surface area contributed by atoms with E-state index in [9.17, 15) is 9.59 Å². The Morgan fingerprint density at radius 3 is 2.86 bits per heavy atom. The number of nitrogens with zero attached hydrogens (tertiary/aromatic N) is 1. The molecule has 1 saturated heterocycles. The molecule has 2 amide bonds. The van der Waals surface area contributed by atoms with E-state index < -0.39 is 0 Å². The maximum absolute atomic E-state index is 12.1. The van der Waals surface area contributed by atoms with Crippen molar-refractivity contribution in [3.05, 3.63) is 45.8 Å². The van der Waals surface area contributed by atoms with Gasteiger partial charge in [-0.05, 0) is 51.5 Å². The summed E-state index contributed by atoms with van der Waals surface area (Å²) in [6.45, 7) is 3.93. The van der Waals surface area contributed by atoms with Gasteiger partial charge in [0, 0.05) is 6.54 Å². The summed E-state index contributed by atoms with van der Waals surface area (Å²) in [4.78, 5) is 25.4. The van der Waals surface area contributed by atoms with E-state index in [0.717, 1.165) is 26.7 Å². The third-order valence-corrected chi connectivity index (χ3v) is 4.28. The zero-order valence-electron chi connectivity index (χ0n) is 11.5. The first-order valence-corrected chi connectivity index (χ1v) is 7.90. The van der Waals surface area contributed by atoms with Crippen LogP contribution in [0.3, 0.4) is 0 Å². The number of thioether (sulfide) groups is 1. The van der Waals surface area contributed by atoms with Gasteiger partial charge < -0.3 is 4.74 Å². The van der Waals surface area contributed by atoms with Crippen molar-refractivity contribution in [1.29, 1.82) is 0 Å². The van der Waals surface area contributed by atoms with Crippen molar-refractivity contribution >= 4 is 44.9 Å². The second-order valence-corrected chi connectivity index (χ2v) is 6.11. The summed E-state index contributed by atoms with van der Waals surface area (Å²) in [5.41, 5.74) is 0.782. The Labute approximate surface area is 141 Å². The molecule has 1 aromatic rings. The summed E-state index contributed by atoms with van der Waals surface area (Å²) in [7, 11) is 0. The molecule has 0 saturated carbocycles. The van der Waals surface area contributed by atoms with E-state index in [4.69, 9.17) is 11.2 Å². The number of hydrogen-bond donors (Lipinski definition) is 0. The molecule has 1 aliphatic rings. The molecule has 0 bridgehead atoms. The lowest BCUT2D eigenvalue weighted by Gasteiger charge is -2.08. The van der Waals surface area contributed by atoms with Crippen molar-refractivity contribution in [3.8, 4) is 18.1 Å². The van der Waals surface area contributed by atoms with E-state index in [1.54, 1.807) is 24.3 Å². The number of ether oxygens (including phenoxy) is 1. The van der Waals surface area contributed by atoms with Gasteiger partial charge in [0.25, 0.3) is 11.1 Å². The van der Waals surface area contributed by atoms with Crippen LogP contribution in [0.25, 0.3) is 6.08 Å². The number of rotatable bonds is 5. The summed E-state index contributed by atoms with van der Waals surface area (Å²) < 4.78 is 6.07. The molecule has 0 aliphatic carbocycles. The van der Waals surface area contributed by atoms with E-state index >= 15 is 0 Å². The van der Waals surface area contributed by atoms with Gasteiger partial charge in [-0.25, -0.2) is 0 Å². The Morgan fingerprint density at radius 1 is 1.45 bits per heavy atom. The van der Waals surface area contributed by atoms with Crippen LogP contribution in [-0.4, -0.2) is 29.2 Å². The van der Waals surface area contributed by atoms with Crippen molar-refractivity contribution in [2.45, 2.75) is 0 Å². The number of benzene rings is 1. The molecule has 1 aromatic carbocycles. The molecule has 6 heteroatoms. The van der Waals surface area contributed by atoms with Gasteiger partial charge in [-0.3, -0.25) is 14.5 Å². The average molecular weight is 378 g/mol. The van der Waals surface area contributed by atoms with Crippen molar-refractivity contribution < 1.29 is 14.3 Å². The van der Waals surface area contributed by atoms with Gasteiger partial charge in [0.1, 0.15) is 12.4 Å². The normalized spacial score (nSPS) is 16.0. The maximum Gasteiger partial charge on any atom is 0.293 e. The molecule has 0 unspecified atom stereocenters. The largest absolute Gasteiger partial charge is 0.480 e. The number of terminal acetylenes is 1. The highest BCUT2D eigenvalue weighted by atomic mass is 79.9. The molecule has 0 N–H and O–H groups in total. The second-order valence-electron chi connectivity index (χ2n) is 4.26. The number of imide groups is 1. The van der Waals surface area contributed by atoms with Gasteiger partial charge in [0.05, 0.1) is 9.38 Å². The number of halogens is 1. The minimum absolute atomic E-state index is 0.179. The van der Waals surface area contributed by atoms with E-state index in [-0.39, 0.29) is 24.3 Å². The number of carbonyl (C=O) groups excluding carboxylic acids is 2. The van der Waals surface area contributed by atoms with Gasteiger partial charge in [-0.2, -0.15) is 0 Å². The Kier molecular flexibility index (Phi) is 5.47. The first-order chi connectivity index (χ1) is 10.6. The van der Waals surface area contributed by atoms with Gasteiger partial charge in [-0.15, -0.1) is 13.0 Å². The van der Waals surface area contributed by atoms with E-state index in [1.165, 1.54) is 6.08 Å². The number of carbonyl (C=O) groups is 2. The van der Waals surface area contributed by atoms with E-state index in [1.807, 2.05) is 0 Å². The van der Waals surface area contributed by atoms with E-state index in [0.29, 0.717) is 10.7 Å². The van der Waals surface area contributed by atoms with Crippen LogP contribution in [0.4, 0.5) is 4.79 Å². The Morgan fingerprint density at radius 2 is 2.23 bits per heavy atom. The van der Waals surface area contributed by atoms with Crippen molar-refractivity contribution in [2.75, 3.05) is 13.2 Å². The third-order valence-electron chi connectivity index (χ3n) is 2.75. The average Bonchev–Trinajstić information content (AvgIpc) is 2.74. The Bertz CT molecular complexity index is 706. The smallest absolute Gasteiger partial charge is 0.293 e. The molecule has 0 atom stereocenters. The van der Waals surface area contributed by atoms with Crippen LogP contribution in [0.15, 0.2) is 40.2 Å². The van der Waals surface area contributed by atoms with Crippen molar-refractivity contribution in [3.63, 3.8) is 0 Å². The fourth-order valence-electron chi connectivity index (χ4n) is 1.78. The van der Waals surface area contributed by atoms with Crippen LogP contribution in [0, 0.1) is 12.3 Å². The molecular weight excluding hydrogens is 366 g/mol. The molecule has 2 rings (SSSR count). The zero-order chi connectivity index (χ0) is 16.1. The molecule has 1 aliphatic heterocycles. The van der Waals surface area contributed by atoms with Gasteiger partial charge in [0.15, 0.2) is 0 Å². The summed E-state index contributed by atoms with van der Waals surface area (Å²) in [5.74, 6) is 2.70. The van der Waals surface area contributed by atoms with Crippen LogP contribution in [0.5, 0.6) is 5.75 Å². The predicted molar refractivity (Wildman–Crippen MR) is 91.3 cm³/mol. The standard InChI is InChI=1S/C16H12BrNO3S/c1-3-7-18-15(19)14(22-16(18)20)10-11-5-6-13(12(17)9-11)21-8-4-2/h2-3,5-6,9-10H,1,7-8H2/b14-10+. The quantitative estimate of drug-likeness (QED) is 0.446. The first-order valence-electron chi connectivity index (χ1n) is 6.29. The monoisotopic (exact) mass is 377 g/mol. The zero-order valence-corrected chi connectivity index (χ0v) is 13.9. The van der Waals surface area contributed by atoms with Crippen molar-refractivity contribution in [1.82, 2.24) is 4.90 Å². The van der Waals surface area contributed by atoms with Gasteiger partial charge in [0.2, 0.25) is 0 Å². The highest BCUT2D eigenvalue weighted by Gasteiger charge is 2.33. The van der Waals surface area contributed by atoms with Crippen LogP contribution in [0.2, 0.25) is 0 Å². The van der Waals surface area contributed by atoms with Crippen molar-refractivity contribution in [2.24, 2.45) is 0 Å². The van der Waals surface area contributed by atoms with Gasteiger partial charge in [-0.1, -0.05) is 18.1 Å². The molecule has 0 aromatic heterocycles. The fourth-order valence-corrected chi connectivity index (χ4v) is 3.14. The van der Waals surface area contributed by atoms with Crippen LogP contribution < -0.4 is 4.74 Å². The highest BCUT2D eigenvalue weighted by Crippen LogP contribution is 2.33. The Balaban J connectivity index is 2.21. The molecule has 0 spiro atoms. The lowest BCUT2D eigenvalue weighted by molar-refractivity contribution is -0.122. The molecule has 22 heavy (non-hydrogen) atoms. The topological polar surface area (TPSA) is 46.6 Å². The molecule has 4 nitrogen and oxygen atoms in total. The SMILES string of the molecule is C#CCOc1ccc(/C=C2/SC(=O)N(CC=C)C2=O)cc1Br. The molecule has 112 valence electrons. The molecular formula is C16H12BrNO3S. The minimum Gasteiger partial charge on any atom is -0.480 e. The number of amides is 2. The lowest BCUT2D eigenvalue weighted by atomic mass is 10.2. The molecule has 0 radical (unpaired) electrons. The maximum atomic E-state index is 12.1.